The quantitative estimate of drug-likeness (QED) is 0.797. The second kappa shape index (κ2) is 5.24. The van der Waals surface area contributed by atoms with Crippen molar-refractivity contribution in [1.29, 1.82) is 0 Å². The summed E-state index contributed by atoms with van der Waals surface area (Å²) in [5, 5.41) is 5.74. The lowest BCUT2D eigenvalue weighted by atomic mass is 10.1. The van der Waals surface area contributed by atoms with E-state index in [2.05, 4.69) is 16.7 Å². The average molecular weight is 286 g/mol. The van der Waals surface area contributed by atoms with E-state index in [0.29, 0.717) is 5.82 Å². The highest BCUT2D eigenvalue weighted by Crippen LogP contribution is 2.15. The predicted molar refractivity (Wildman–Crippen MR) is 71.1 cm³/mol. The van der Waals surface area contributed by atoms with Gasteiger partial charge in [0.25, 0.3) is 0 Å². The molecule has 1 fully saturated rings. The highest BCUT2D eigenvalue weighted by Gasteiger charge is 2.36. The Bertz CT molecular complexity index is 524. The van der Waals surface area contributed by atoms with Gasteiger partial charge < -0.3 is 10.1 Å². The summed E-state index contributed by atoms with van der Waals surface area (Å²) in [7, 11) is -2.98. The Labute approximate surface area is 112 Å². The summed E-state index contributed by atoms with van der Waals surface area (Å²) < 4.78 is 26.9. The number of allylic oxidation sites excluding steroid dienone is 2. The second-order valence-corrected chi connectivity index (χ2v) is 7.01. The molecular weight excluding hydrogens is 268 g/mol. The third-order valence-electron chi connectivity index (χ3n) is 3.01. The molecule has 1 saturated heterocycles. The fraction of sp³-hybridized carbons (Fsp3) is 0.583. The normalized spacial score (nSPS) is 25.5. The Balaban J connectivity index is 1.84. The number of sulfone groups is 1. The molecule has 6 nitrogen and oxygen atoms in total. The zero-order valence-electron chi connectivity index (χ0n) is 11.0. The molecule has 2 N–H and O–H groups in total. The van der Waals surface area contributed by atoms with Crippen molar-refractivity contribution in [2.45, 2.75) is 32.4 Å². The van der Waals surface area contributed by atoms with E-state index in [9.17, 15) is 13.2 Å². The van der Waals surface area contributed by atoms with E-state index in [-0.39, 0.29) is 17.5 Å². The fourth-order valence-corrected chi connectivity index (χ4v) is 3.22. The predicted octanol–water partition coefficient (Wildman–Crippen LogP) is 0.679. The topological polar surface area (TPSA) is 84.5 Å². The van der Waals surface area contributed by atoms with Crippen LogP contribution in [0.15, 0.2) is 23.5 Å². The number of dihydropyridines is 1. The number of carbonyl (C=O) groups is 1. The summed E-state index contributed by atoms with van der Waals surface area (Å²) in [6.07, 6.45) is 3.66. The molecule has 0 aromatic rings. The Kier molecular flexibility index (Phi) is 3.84. The van der Waals surface area contributed by atoms with Gasteiger partial charge in [0.15, 0.2) is 9.84 Å². The van der Waals surface area contributed by atoms with Crippen molar-refractivity contribution in [1.82, 2.24) is 10.6 Å². The maximum Gasteiger partial charge on any atom is 0.413 e. The maximum atomic E-state index is 11.6. The molecule has 7 heteroatoms. The smallest absolute Gasteiger partial charge is 0.413 e. The Morgan fingerprint density at radius 1 is 1.53 bits per heavy atom. The van der Waals surface area contributed by atoms with Crippen molar-refractivity contribution >= 4 is 15.9 Å². The van der Waals surface area contributed by atoms with Crippen molar-refractivity contribution in [3.05, 3.63) is 23.5 Å². The molecule has 2 heterocycles. The summed E-state index contributed by atoms with van der Waals surface area (Å²) in [5.41, 5.74) is 1.06. The van der Waals surface area contributed by atoms with Gasteiger partial charge in [-0.1, -0.05) is 13.0 Å². The van der Waals surface area contributed by atoms with Gasteiger partial charge in [0.2, 0.25) is 0 Å². The van der Waals surface area contributed by atoms with Gasteiger partial charge in [-0.15, -0.1) is 0 Å². The lowest BCUT2D eigenvalue weighted by Gasteiger charge is -2.27. The zero-order chi connectivity index (χ0) is 14.0. The summed E-state index contributed by atoms with van der Waals surface area (Å²) in [4.78, 5) is 11.6. The van der Waals surface area contributed by atoms with Gasteiger partial charge >= 0.3 is 6.09 Å². The first-order chi connectivity index (χ1) is 8.88. The largest absolute Gasteiger partial charge is 0.444 e. The average Bonchev–Trinajstić information content (AvgIpc) is 2.25. The number of rotatable bonds is 3. The van der Waals surface area contributed by atoms with Crippen molar-refractivity contribution in [2.75, 3.05) is 11.5 Å². The monoisotopic (exact) mass is 286 g/mol. The minimum atomic E-state index is -2.98. The Hall–Kier alpha value is -1.50. The standard InChI is InChI=1S/C12H18N2O4S/c1-3-9-4-8(2)5-11(13-9)14-12(15)18-10-6-19(16,17)7-10/h4-5,9-10,13H,3,6-7H2,1-2H3,(H,14,15). The number of carbonyl (C=O) groups excluding carboxylic acids is 1. The van der Waals surface area contributed by atoms with Crippen LogP contribution in [0.5, 0.6) is 0 Å². The first kappa shape index (κ1) is 13.9. The molecule has 1 unspecified atom stereocenters. The van der Waals surface area contributed by atoms with E-state index in [1.54, 1.807) is 0 Å². The van der Waals surface area contributed by atoms with Crippen LogP contribution in [0, 0.1) is 0 Å². The molecule has 106 valence electrons. The van der Waals surface area contributed by atoms with Crippen molar-refractivity contribution in [2.24, 2.45) is 0 Å². The number of nitrogens with one attached hydrogen (secondary N) is 2. The van der Waals surface area contributed by atoms with Gasteiger partial charge in [0.05, 0.1) is 11.5 Å². The molecule has 19 heavy (non-hydrogen) atoms. The van der Waals surface area contributed by atoms with Crippen molar-refractivity contribution in [3.8, 4) is 0 Å². The van der Waals surface area contributed by atoms with E-state index < -0.39 is 22.0 Å². The molecule has 0 saturated carbocycles. The molecule has 0 spiro atoms. The molecule has 0 aromatic heterocycles. The number of hydrogen-bond donors (Lipinski definition) is 2. The minimum Gasteiger partial charge on any atom is -0.444 e. The van der Waals surface area contributed by atoms with Crippen molar-refractivity contribution < 1.29 is 17.9 Å². The molecule has 2 aliphatic rings. The highest BCUT2D eigenvalue weighted by molar-refractivity contribution is 7.92. The second-order valence-electron chi connectivity index (χ2n) is 4.86. The third kappa shape index (κ3) is 3.73. The van der Waals surface area contributed by atoms with Crippen LogP contribution in [0.1, 0.15) is 20.3 Å². The first-order valence-electron chi connectivity index (χ1n) is 6.22. The van der Waals surface area contributed by atoms with Gasteiger partial charge in [-0.05, 0) is 25.0 Å². The molecular formula is C12H18N2O4S. The van der Waals surface area contributed by atoms with Gasteiger partial charge in [-0.2, -0.15) is 0 Å². The fourth-order valence-electron chi connectivity index (χ4n) is 2.04. The van der Waals surface area contributed by atoms with Crippen LogP contribution >= 0.6 is 0 Å². The van der Waals surface area contributed by atoms with E-state index in [0.717, 1.165) is 12.0 Å². The Morgan fingerprint density at radius 2 is 2.21 bits per heavy atom. The van der Waals surface area contributed by atoms with Crippen LogP contribution in [-0.4, -0.2) is 38.2 Å². The molecule has 0 bridgehead atoms. The van der Waals surface area contributed by atoms with Crippen molar-refractivity contribution in [3.63, 3.8) is 0 Å². The molecule has 0 aromatic carbocycles. The van der Waals surface area contributed by atoms with Gasteiger partial charge in [-0.25, -0.2) is 13.2 Å². The van der Waals surface area contributed by atoms with E-state index in [1.807, 2.05) is 19.9 Å². The zero-order valence-corrected chi connectivity index (χ0v) is 11.8. The third-order valence-corrected chi connectivity index (χ3v) is 4.77. The van der Waals surface area contributed by atoms with Crippen LogP contribution in [0.25, 0.3) is 0 Å². The molecule has 1 atom stereocenters. The van der Waals surface area contributed by atoms with Crippen LogP contribution in [0.4, 0.5) is 4.79 Å². The maximum absolute atomic E-state index is 11.6. The molecule has 2 aliphatic heterocycles. The Morgan fingerprint density at radius 3 is 2.79 bits per heavy atom. The van der Waals surface area contributed by atoms with E-state index in [1.165, 1.54) is 0 Å². The van der Waals surface area contributed by atoms with Crippen LogP contribution in [0.2, 0.25) is 0 Å². The molecule has 0 radical (unpaired) electrons. The summed E-state index contributed by atoms with van der Waals surface area (Å²) >= 11 is 0. The van der Waals surface area contributed by atoms with Crippen LogP contribution in [0.3, 0.4) is 0 Å². The molecule has 2 rings (SSSR count). The molecule has 1 amide bonds. The van der Waals surface area contributed by atoms with Gasteiger partial charge in [-0.3, -0.25) is 5.32 Å². The van der Waals surface area contributed by atoms with Crippen LogP contribution in [-0.2, 0) is 14.6 Å². The highest BCUT2D eigenvalue weighted by atomic mass is 32.2. The lowest BCUT2D eigenvalue weighted by Crippen LogP contribution is -2.47. The number of amides is 1. The molecule has 0 aliphatic carbocycles. The summed E-state index contributed by atoms with van der Waals surface area (Å²) in [6, 6.07) is 0.185. The van der Waals surface area contributed by atoms with Gasteiger partial charge in [0.1, 0.15) is 11.9 Å². The van der Waals surface area contributed by atoms with Gasteiger partial charge in [0, 0.05) is 6.04 Å². The lowest BCUT2D eigenvalue weighted by molar-refractivity contribution is 0.113. The first-order valence-corrected chi connectivity index (χ1v) is 8.05. The summed E-state index contributed by atoms with van der Waals surface area (Å²) in [5.74, 6) is 0.423. The number of alkyl carbamates (subject to hydrolysis) is 1. The SMILES string of the molecule is CCC1C=C(C)C=C(NC(=O)OC2CS(=O)(=O)C2)N1. The number of ether oxygens (including phenoxy) is 1. The minimum absolute atomic E-state index is 0.0799. The summed E-state index contributed by atoms with van der Waals surface area (Å²) in [6.45, 7) is 4.00. The number of hydrogen-bond acceptors (Lipinski definition) is 5. The van der Waals surface area contributed by atoms with E-state index in [4.69, 9.17) is 4.74 Å². The van der Waals surface area contributed by atoms with Crippen LogP contribution < -0.4 is 10.6 Å². The van der Waals surface area contributed by atoms with E-state index >= 15 is 0 Å².